The SMILES string of the molecule is CCNC(=O)c1ccccc1-c1[nH]c2ccc(CN3C(=O)[C@H](NC(=O)CC(C)(C)NC[C@H](O)CO)CCc4ccccc43)cc2c1Br. The Morgan fingerprint density at radius 1 is 1.11 bits per heavy atom. The van der Waals surface area contributed by atoms with Crippen molar-refractivity contribution >= 4 is 50.2 Å². The number of aromatic amines is 1. The van der Waals surface area contributed by atoms with E-state index < -0.39 is 17.7 Å². The Hall–Kier alpha value is -4.03. The maximum Gasteiger partial charge on any atom is 0.251 e. The van der Waals surface area contributed by atoms with Gasteiger partial charge in [-0.05, 0) is 84.9 Å². The number of rotatable bonds is 12. The molecule has 4 aromatic rings. The number of aryl methyl sites for hydroxylation is 1. The summed E-state index contributed by atoms with van der Waals surface area (Å²) in [4.78, 5) is 45.3. The molecule has 0 fully saturated rings. The summed E-state index contributed by atoms with van der Waals surface area (Å²) in [6.45, 7) is 6.17. The molecule has 0 aliphatic carbocycles. The normalized spacial score (nSPS) is 15.7. The van der Waals surface area contributed by atoms with Crippen LogP contribution in [0.15, 0.2) is 71.2 Å². The summed E-state index contributed by atoms with van der Waals surface area (Å²) in [5.74, 6) is -0.604. The quantitative estimate of drug-likeness (QED) is 0.129. The lowest BCUT2D eigenvalue weighted by Gasteiger charge is -2.29. The molecular weight excluding hydrogens is 662 g/mol. The number of anilines is 1. The lowest BCUT2D eigenvalue weighted by molar-refractivity contribution is -0.128. The summed E-state index contributed by atoms with van der Waals surface area (Å²) >= 11 is 3.78. The third-order valence-electron chi connectivity index (χ3n) is 8.43. The van der Waals surface area contributed by atoms with Crippen LogP contribution in [0.25, 0.3) is 22.2 Å². The van der Waals surface area contributed by atoms with Gasteiger partial charge in [0.05, 0.1) is 29.4 Å². The number of benzene rings is 3. The number of hydrogen-bond acceptors (Lipinski definition) is 6. The highest BCUT2D eigenvalue weighted by Gasteiger charge is 2.33. The summed E-state index contributed by atoms with van der Waals surface area (Å²) in [6, 6.07) is 20.6. The molecule has 10 nitrogen and oxygen atoms in total. The van der Waals surface area contributed by atoms with E-state index in [1.54, 1.807) is 11.0 Å². The number of halogens is 1. The molecule has 3 amide bonds. The number of aliphatic hydroxyl groups excluding tert-OH is 2. The van der Waals surface area contributed by atoms with Crippen LogP contribution in [-0.4, -0.2) is 70.3 Å². The molecule has 2 heterocycles. The summed E-state index contributed by atoms with van der Waals surface area (Å²) in [5.41, 5.74) is 5.13. The first-order valence-corrected chi connectivity index (χ1v) is 16.7. The lowest BCUT2D eigenvalue weighted by Crippen LogP contribution is -2.51. The van der Waals surface area contributed by atoms with E-state index in [1.165, 1.54) is 0 Å². The van der Waals surface area contributed by atoms with Crippen LogP contribution in [0.2, 0.25) is 0 Å². The molecule has 0 saturated carbocycles. The molecule has 1 aliphatic rings. The Labute approximate surface area is 283 Å². The van der Waals surface area contributed by atoms with E-state index >= 15 is 0 Å². The first kappa shape index (κ1) is 34.3. The highest BCUT2D eigenvalue weighted by Crippen LogP contribution is 2.37. The predicted octanol–water partition coefficient (Wildman–Crippen LogP) is 4.42. The number of H-pyrrole nitrogens is 1. The average molecular weight is 705 g/mol. The van der Waals surface area contributed by atoms with Gasteiger partial charge in [0.15, 0.2) is 0 Å². The largest absolute Gasteiger partial charge is 0.394 e. The molecule has 47 heavy (non-hydrogen) atoms. The van der Waals surface area contributed by atoms with Crippen LogP contribution in [0.3, 0.4) is 0 Å². The summed E-state index contributed by atoms with van der Waals surface area (Å²) in [5, 5.41) is 28.7. The number of fused-ring (bicyclic) bond motifs is 2. The summed E-state index contributed by atoms with van der Waals surface area (Å²) in [7, 11) is 0. The maximum absolute atomic E-state index is 14.1. The summed E-state index contributed by atoms with van der Waals surface area (Å²) < 4.78 is 0.821. The van der Waals surface area contributed by atoms with Gasteiger partial charge in [0, 0.05) is 52.8 Å². The van der Waals surface area contributed by atoms with Gasteiger partial charge in [0.2, 0.25) is 11.8 Å². The Morgan fingerprint density at radius 2 is 1.85 bits per heavy atom. The second-order valence-corrected chi connectivity index (χ2v) is 13.4. The van der Waals surface area contributed by atoms with Crippen molar-refractivity contribution < 1.29 is 24.6 Å². The molecule has 0 unspecified atom stereocenters. The van der Waals surface area contributed by atoms with Crippen LogP contribution in [0.1, 0.15) is 55.1 Å². The molecule has 2 atom stereocenters. The zero-order valence-electron chi connectivity index (χ0n) is 26.9. The van der Waals surface area contributed by atoms with Crippen LogP contribution in [-0.2, 0) is 22.6 Å². The number of amides is 3. The maximum atomic E-state index is 14.1. The van der Waals surface area contributed by atoms with Crippen LogP contribution in [0.4, 0.5) is 5.69 Å². The van der Waals surface area contributed by atoms with Crippen molar-refractivity contribution in [3.05, 3.63) is 87.9 Å². The Bertz CT molecular complexity index is 1770. The van der Waals surface area contributed by atoms with Crippen LogP contribution < -0.4 is 20.9 Å². The van der Waals surface area contributed by atoms with Gasteiger partial charge in [-0.15, -0.1) is 0 Å². The molecule has 5 rings (SSSR count). The van der Waals surface area contributed by atoms with Gasteiger partial charge in [-0.1, -0.05) is 42.5 Å². The number of aromatic nitrogens is 1. The first-order valence-electron chi connectivity index (χ1n) is 15.9. The van der Waals surface area contributed by atoms with Crippen molar-refractivity contribution in [2.75, 3.05) is 24.6 Å². The van der Waals surface area contributed by atoms with E-state index in [9.17, 15) is 19.5 Å². The molecule has 0 spiro atoms. The van der Waals surface area contributed by atoms with Crippen molar-refractivity contribution in [3.8, 4) is 11.3 Å². The van der Waals surface area contributed by atoms with Gasteiger partial charge >= 0.3 is 0 Å². The zero-order chi connectivity index (χ0) is 33.7. The van der Waals surface area contributed by atoms with Crippen molar-refractivity contribution in [1.82, 2.24) is 20.9 Å². The lowest BCUT2D eigenvalue weighted by atomic mass is 9.99. The Kier molecular flexibility index (Phi) is 10.8. The number of carbonyl (C=O) groups excluding carboxylic acids is 3. The van der Waals surface area contributed by atoms with Gasteiger partial charge in [0.1, 0.15) is 6.04 Å². The number of hydrogen-bond donors (Lipinski definition) is 6. The average Bonchev–Trinajstić information content (AvgIpc) is 3.32. The smallest absolute Gasteiger partial charge is 0.251 e. The number of aliphatic hydroxyl groups is 2. The molecule has 1 aliphatic heterocycles. The number of carbonyl (C=O) groups is 3. The standard InChI is InChI=1S/C36H42BrN5O5/c1-4-38-34(46)26-11-7-6-10-25(26)33-32(37)27-17-22(13-15-28(27)41-33)20-42-30-12-8-5-9-23(30)14-16-29(35(42)47)40-31(45)18-36(2,3)39-19-24(44)21-43/h5-13,15,17,24,29,39,41,43-44H,4,14,16,18-21H2,1-3H3,(H,38,46)(H,40,45)/t24-,29+/m0/s1. The second kappa shape index (κ2) is 14.8. The molecule has 248 valence electrons. The van der Waals surface area contributed by atoms with Crippen LogP contribution in [0, 0.1) is 0 Å². The topological polar surface area (TPSA) is 147 Å². The molecule has 3 aromatic carbocycles. The van der Waals surface area contributed by atoms with Gasteiger partial charge in [-0.3, -0.25) is 14.4 Å². The van der Waals surface area contributed by atoms with Crippen molar-refractivity contribution in [2.45, 2.75) is 64.3 Å². The zero-order valence-corrected chi connectivity index (χ0v) is 28.5. The predicted molar refractivity (Wildman–Crippen MR) is 187 cm³/mol. The fourth-order valence-corrected chi connectivity index (χ4v) is 6.65. The third-order valence-corrected chi connectivity index (χ3v) is 9.26. The fraction of sp³-hybridized carbons (Fsp3) is 0.361. The molecule has 0 radical (unpaired) electrons. The number of nitrogens with zero attached hydrogens (tertiary/aromatic N) is 1. The fourth-order valence-electron chi connectivity index (χ4n) is 6.01. The van der Waals surface area contributed by atoms with E-state index in [4.69, 9.17) is 5.11 Å². The van der Waals surface area contributed by atoms with Gasteiger partial charge in [-0.25, -0.2) is 0 Å². The van der Waals surface area contributed by atoms with Gasteiger partial charge < -0.3 is 36.0 Å². The van der Waals surface area contributed by atoms with E-state index in [1.807, 2.05) is 81.4 Å². The van der Waals surface area contributed by atoms with E-state index in [0.29, 0.717) is 31.5 Å². The molecule has 0 saturated heterocycles. The van der Waals surface area contributed by atoms with Crippen molar-refractivity contribution in [2.24, 2.45) is 0 Å². The molecule has 6 N–H and O–H groups in total. The number of para-hydroxylation sites is 1. The first-order chi connectivity index (χ1) is 22.5. The molecule has 11 heteroatoms. The molecule has 0 bridgehead atoms. The van der Waals surface area contributed by atoms with E-state index in [2.05, 4.69) is 36.9 Å². The monoisotopic (exact) mass is 703 g/mol. The number of β-amino-alcohol motifs (C(OH)–C–C–N with tert-alkyl or cyclic N) is 1. The molecule has 1 aromatic heterocycles. The van der Waals surface area contributed by atoms with Gasteiger partial charge in [-0.2, -0.15) is 0 Å². The van der Waals surface area contributed by atoms with E-state index in [0.717, 1.165) is 43.4 Å². The highest BCUT2D eigenvalue weighted by molar-refractivity contribution is 9.10. The van der Waals surface area contributed by atoms with Gasteiger partial charge in [0.25, 0.3) is 5.91 Å². The summed E-state index contributed by atoms with van der Waals surface area (Å²) in [6.07, 6.45) is 0.260. The van der Waals surface area contributed by atoms with Crippen molar-refractivity contribution in [3.63, 3.8) is 0 Å². The third kappa shape index (κ3) is 7.93. The Morgan fingerprint density at radius 3 is 2.62 bits per heavy atom. The minimum Gasteiger partial charge on any atom is -0.394 e. The Balaban J connectivity index is 1.40. The van der Waals surface area contributed by atoms with Crippen LogP contribution in [0.5, 0.6) is 0 Å². The highest BCUT2D eigenvalue weighted by atomic mass is 79.9. The number of nitrogens with one attached hydrogen (secondary N) is 4. The van der Waals surface area contributed by atoms with E-state index in [-0.39, 0.29) is 37.3 Å². The second-order valence-electron chi connectivity index (χ2n) is 12.6. The molecular formula is C36H42BrN5O5. The van der Waals surface area contributed by atoms with Crippen molar-refractivity contribution in [1.29, 1.82) is 0 Å². The minimum atomic E-state index is -0.923. The minimum absolute atomic E-state index is 0.0889. The van der Waals surface area contributed by atoms with Crippen LogP contribution >= 0.6 is 15.9 Å².